The fraction of sp³-hybridized carbons (Fsp3) is 0.474. The van der Waals surface area contributed by atoms with Crippen LogP contribution in [0.3, 0.4) is 0 Å². The number of carbonyl (C=O) groups is 4. The summed E-state index contributed by atoms with van der Waals surface area (Å²) >= 11 is 0. The zero-order valence-electron chi connectivity index (χ0n) is 14.5. The van der Waals surface area contributed by atoms with E-state index in [0.29, 0.717) is 5.56 Å². The van der Waals surface area contributed by atoms with Crippen molar-refractivity contribution in [1.29, 1.82) is 0 Å². The summed E-state index contributed by atoms with van der Waals surface area (Å²) < 4.78 is 0. The largest absolute Gasteiger partial charge is 0.481 e. The molecular weight excluding hydrogens is 356 g/mol. The van der Waals surface area contributed by atoms with Gasteiger partial charge in [0.15, 0.2) is 0 Å². The monoisotopic (exact) mass is 376 g/mol. The predicted octanol–water partition coefficient (Wildman–Crippen LogP) is 1.40. The van der Waals surface area contributed by atoms with Crippen LogP contribution in [0.15, 0.2) is 30.3 Å². The molecule has 144 valence electrons. The van der Waals surface area contributed by atoms with Crippen molar-refractivity contribution >= 4 is 23.9 Å². The minimum Gasteiger partial charge on any atom is -0.481 e. The number of fused-ring (bicyclic) bond motifs is 1. The topological polar surface area (TPSA) is 149 Å². The molecule has 0 saturated heterocycles. The van der Waals surface area contributed by atoms with Crippen LogP contribution in [0.1, 0.15) is 18.9 Å². The SMILES string of the molecule is CC1C(C(=O)O)C(C(=O)O)CC2C1C(C(=O)O)C2(C(=O)O)c1ccccc1. The standard InChI is InChI=1S/C19H20O8/c1-8-12(16(22)23)10(15(20)21)7-11-13(8)14(17(24)25)19(11,18(26)27)9-5-3-2-4-6-9/h2-6,8,10-14H,7H2,1H3,(H,20,21)(H,22,23)(H,24,25)(H,26,27). The fourth-order valence-electron chi connectivity index (χ4n) is 5.52. The number of hydrogen-bond acceptors (Lipinski definition) is 4. The summed E-state index contributed by atoms with van der Waals surface area (Å²) in [5.41, 5.74) is -1.47. The van der Waals surface area contributed by atoms with Crippen molar-refractivity contribution in [3.63, 3.8) is 0 Å². The molecule has 2 aliphatic rings. The molecule has 27 heavy (non-hydrogen) atoms. The molecule has 1 aromatic rings. The predicted molar refractivity (Wildman–Crippen MR) is 89.9 cm³/mol. The quantitative estimate of drug-likeness (QED) is 0.602. The summed E-state index contributed by atoms with van der Waals surface area (Å²) in [6, 6.07) is 7.95. The van der Waals surface area contributed by atoms with Crippen molar-refractivity contribution in [2.45, 2.75) is 18.8 Å². The second-order valence-electron chi connectivity index (χ2n) is 7.44. The summed E-state index contributed by atoms with van der Waals surface area (Å²) in [6.07, 6.45) is -0.188. The molecule has 1 aromatic carbocycles. The highest BCUT2D eigenvalue weighted by molar-refractivity contribution is 5.93. The highest BCUT2D eigenvalue weighted by atomic mass is 16.4. The van der Waals surface area contributed by atoms with Gasteiger partial charge in [-0.2, -0.15) is 0 Å². The van der Waals surface area contributed by atoms with Gasteiger partial charge in [-0.1, -0.05) is 37.3 Å². The molecule has 2 saturated carbocycles. The molecule has 4 N–H and O–H groups in total. The van der Waals surface area contributed by atoms with Crippen LogP contribution in [0.4, 0.5) is 0 Å². The molecule has 0 heterocycles. The summed E-state index contributed by atoms with van der Waals surface area (Å²) in [6.45, 7) is 1.51. The zero-order valence-corrected chi connectivity index (χ0v) is 14.5. The number of carboxylic acids is 4. The van der Waals surface area contributed by atoms with E-state index in [0.717, 1.165) is 0 Å². The molecule has 0 bridgehead atoms. The third kappa shape index (κ3) is 2.43. The van der Waals surface area contributed by atoms with Crippen LogP contribution in [0.5, 0.6) is 0 Å². The zero-order chi connectivity index (χ0) is 20.1. The maximum absolute atomic E-state index is 12.3. The van der Waals surface area contributed by atoms with E-state index in [1.165, 1.54) is 19.1 Å². The average Bonchev–Trinajstić information content (AvgIpc) is 2.56. The molecule has 3 rings (SSSR count). The van der Waals surface area contributed by atoms with E-state index in [-0.39, 0.29) is 6.42 Å². The lowest BCUT2D eigenvalue weighted by Gasteiger charge is -2.63. The van der Waals surface area contributed by atoms with E-state index in [9.17, 15) is 39.6 Å². The number of aliphatic carboxylic acids is 4. The van der Waals surface area contributed by atoms with Gasteiger partial charge in [-0.15, -0.1) is 0 Å². The van der Waals surface area contributed by atoms with E-state index in [1.54, 1.807) is 18.2 Å². The Morgan fingerprint density at radius 2 is 1.52 bits per heavy atom. The Labute approximate surface area is 154 Å². The second kappa shape index (κ2) is 6.37. The van der Waals surface area contributed by atoms with E-state index < -0.39 is 64.8 Å². The van der Waals surface area contributed by atoms with Gasteiger partial charge in [0, 0.05) is 0 Å². The maximum Gasteiger partial charge on any atom is 0.315 e. The van der Waals surface area contributed by atoms with Crippen molar-refractivity contribution in [3.05, 3.63) is 35.9 Å². The number of hydrogen-bond donors (Lipinski definition) is 4. The van der Waals surface area contributed by atoms with Gasteiger partial charge in [-0.05, 0) is 29.7 Å². The van der Waals surface area contributed by atoms with Crippen LogP contribution >= 0.6 is 0 Å². The van der Waals surface area contributed by atoms with Gasteiger partial charge in [-0.3, -0.25) is 19.2 Å². The average molecular weight is 376 g/mol. The number of benzene rings is 1. The van der Waals surface area contributed by atoms with Crippen LogP contribution in [0.2, 0.25) is 0 Å². The molecule has 0 radical (unpaired) electrons. The van der Waals surface area contributed by atoms with Gasteiger partial charge in [-0.25, -0.2) is 0 Å². The molecule has 8 nitrogen and oxygen atoms in total. The summed E-state index contributed by atoms with van der Waals surface area (Å²) in [4.78, 5) is 47.8. The lowest BCUT2D eigenvalue weighted by atomic mass is 9.37. The minimum atomic E-state index is -1.77. The first-order valence-corrected chi connectivity index (χ1v) is 8.63. The van der Waals surface area contributed by atoms with Gasteiger partial charge < -0.3 is 20.4 Å². The normalized spacial score (nSPS) is 37.5. The Morgan fingerprint density at radius 3 is 1.96 bits per heavy atom. The number of rotatable bonds is 5. The lowest BCUT2D eigenvalue weighted by Crippen LogP contribution is -2.71. The number of carboxylic acid groups (broad SMARTS) is 4. The van der Waals surface area contributed by atoms with Crippen LogP contribution in [-0.4, -0.2) is 44.3 Å². The minimum absolute atomic E-state index is 0.188. The summed E-state index contributed by atoms with van der Waals surface area (Å²) in [5.74, 6) is -11.4. The smallest absolute Gasteiger partial charge is 0.315 e. The molecule has 0 aromatic heterocycles. The first-order valence-electron chi connectivity index (χ1n) is 8.63. The first kappa shape index (κ1) is 18.9. The van der Waals surface area contributed by atoms with E-state index >= 15 is 0 Å². The Balaban J connectivity index is 2.17. The third-order valence-electron chi connectivity index (χ3n) is 6.51. The second-order valence-corrected chi connectivity index (χ2v) is 7.44. The van der Waals surface area contributed by atoms with Gasteiger partial charge >= 0.3 is 23.9 Å². The van der Waals surface area contributed by atoms with Crippen molar-refractivity contribution < 1.29 is 39.6 Å². The molecule has 0 aliphatic heterocycles. The van der Waals surface area contributed by atoms with Crippen LogP contribution in [0, 0.1) is 35.5 Å². The first-order chi connectivity index (χ1) is 12.7. The highest BCUT2D eigenvalue weighted by Gasteiger charge is 2.74. The molecule has 2 aliphatic carbocycles. The van der Waals surface area contributed by atoms with E-state index in [2.05, 4.69) is 0 Å². The third-order valence-corrected chi connectivity index (χ3v) is 6.51. The van der Waals surface area contributed by atoms with Crippen molar-refractivity contribution in [2.75, 3.05) is 0 Å². The lowest BCUT2D eigenvalue weighted by molar-refractivity contribution is -0.206. The Bertz CT molecular complexity index is 803. The van der Waals surface area contributed by atoms with Gasteiger partial charge in [0.2, 0.25) is 0 Å². The molecule has 2 fully saturated rings. The van der Waals surface area contributed by atoms with Crippen LogP contribution in [0.25, 0.3) is 0 Å². The van der Waals surface area contributed by atoms with Crippen LogP contribution in [-0.2, 0) is 24.6 Å². The summed E-state index contributed by atoms with van der Waals surface area (Å²) in [7, 11) is 0. The highest BCUT2D eigenvalue weighted by Crippen LogP contribution is 2.66. The maximum atomic E-state index is 12.3. The van der Waals surface area contributed by atoms with Gasteiger partial charge in [0.25, 0.3) is 0 Å². The van der Waals surface area contributed by atoms with Gasteiger partial charge in [0.1, 0.15) is 5.41 Å². The molecule has 0 spiro atoms. The summed E-state index contributed by atoms with van der Waals surface area (Å²) in [5, 5.41) is 38.9. The Hall–Kier alpha value is -2.90. The molecule has 7 unspecified atom stereocenters. The molecule has 8 heteroatoms. The Kier molecular flexibility index (Phi) is 4.45. The molecular formula is C19H20O8. The fourth-order valence-corrected chi connectivity index (χ4v) is 5.52. The van der Waals surface area contributed by atoms with Crippen molar-refractivity contribution in [1.82, 2.24) is 0 Å². The van der Waals surface area contributed by atoms with Crippen molar-refractivity contribution in [3.8, 4) is 0 Å². The molecule has 0 amide bonds. The molecule has 7 atom stereocenters. The van der Waals surface area contributed by atoms with E-state index in [1.807, 2.05) is 0 Å². The van der Waals surface area contributed by atoms with E-state index in [4.69, 9.17) is 0 Å². The van der Waals surface area contributed by atoms with Crippen molar-refractivity contribution in [2.24, 2.45) is 35.5 Å². The van der Waals surface area contributed by atoms with Gasteiger partial charge in [0.05, 0.1) is 17.8 Å². The van der Waals surface area contributed by atoms with Crippen LogP contribution < -0.4 is 0 Å². The Morgan fingerprint density at radius 1 is 0.926 bits per heavy atom.